The van der Waals surface area contributed by atoms with Gasteiger partial charge in [0.05, 0.1) is 16.7 Å². The maximum absolute atomic E-state index is 14.7. The monoisotopic (exact) mass is 404 g/mol. The molecule has 0 unspecified atom stereocenters. The van der Waals surface area contributed by atoms with Crippen LogP contribution in [-0.2, 0) is 30.8 Å². The van der Waals surface area contributed by atoms with Crippen molar-refractivity contribution >= 4 is 35.0 Å². The number of nitrogens with zero attached hydrogens (tertiary/aromatic N) is 2. The first-order valence-electron chi connectivity index (χ1n) is 9.09. The van der Waals surface area contributed by atoms with E-state index in [2.05, 4.69) is 10.6 Å². The Morgan fingerprint density at radius 1 is 1.18 bits per heavy atom. The summed E-state index contributed by atoms with van der Waals surface area (Å²) in [5.74, 6) is -0.811. The van der Waals surface area contributed by atoms with Crippen molar-refractivity contribution in [2.45, 2.75) is 33.0 Å². The first-order chi connectivity index (χ1) is 13.1. The van der Waals surface area contributed by atoms with Crippen molar-refractivity contribution in [2.24, 2.45) is 0 Å². The third kappa shape index (κ3) is 3.43. The van der Waals surface area contributed by atoms with E-state index >= 15 is 0 Å². The summed E-state index contributed by atoms with van der Waals surface area (Å²) in [6.07, 6.45) is 0.592. The summed E-state index contributed by atoms with van der Waals surface area (Å²) in [5.41, 5.74) is 2.95. The molecule has 1 aliphatic heterocycles. The standard InChI is InChI=1S/C20H21FN4O2.ClH/c1-2-24-16-5-3-4-6-17(16)25(20(24)27)12-18(26)23-15-8-7-13-11-22-10-9-14(13)19(15)21;/h3-8,22H,2,9-12H2,1H3,(H,23,26);1H. The lowest BCUT2D eigenvalue weighted by Gasteiger charge is -2.19. The number of aryl methyl sites for hydroxylation is 1. The minimum atomic E-state index is -0.427. The highest BCUT2D eigenvalue weighted by Crippen LogP contribution is 2.24. The summed E-state index contributed by atoms with van der Waals surface area (Å²) >= 11 is 0. The zero-order valence-corrected chi connectivity index (χ0v) is 16.3. The number of hydrogen-bond donors (Lipinski definition) is 2. The molecule has 0 bridgehead atoms. The van der Waals surface area contributed by atoms with Crippen LogP contribution in [0, 0.1) is 5.82 Å². The first kappa shape index (κ1) is 20.1. The number of aromatic nitrogens is 2. The SMILES string of the molecule is CCn1c(=O)n(CC(=O)Nc2ccc3c(c2F)CCNC3)c2ccccc21.Cl. The molecule has 0 spiro atoms. The predicted octanol–water partition coefficient (Wildman–Crippen LogP) is 2.67. The van der Waals surface area contributed by atoms with Crippen LogP contribution in [0.3, 0.4) is 0 Å². The molecule has 0 radical (unpaired) electrons. The Morgan fingerprint density at radius 3 is 2.61 bits per heavy atom. The van der Waals surface area contributed by atoms with Gasteiger partial charge >= 0.3 is 5.69 Å². The lowest BCUT2D eigenvalue weighted by atomic mass is 9.99. The molecule has 0 aliphatic carbocycles. The predicted molar refractivity (Wildman–Crippen MR) is 110 cm³/mol. The molecule has 0 atom stereocenters. The molecule has 0 saturated carbocycles. The van der Waals surface area contributed by atoms with Gasteiger partial charge in [0.1, 0.15) is 12.4 Å². The van der Waals surface area contributed by atoms with Gasteiger partial charge in [0.25, 0.3) is 0 Å². The summed E-state index contributed by atoms with van der Waals surface area (Å²) in [4.78, 5) is 25.2. The van der Waals surface area contributed by atoms with Crippen LogP contribution in [0.5, 0.6) is 0 Å². The van der Waals surface area contributed by atoms with Gasteiger partial charge in [-0.3, -0.25) is 13.9 Å². The van der Waals surface area contributed by atoms with Crippen molar-refractivity contribution in [3.05, 3.63) is 63.8 Å². The number of anilines is 1. The number of imidazole rings is 1. The van der Waals surface area contributed by atoms with Crippen LogP contribution in [0.15, 0.2) is 41.2 Å². The Balaban J connectivity index is 0.00000225. The van der Waals surface area contributed by atoms with Crippen molar-refractivity contribution < 1.29 is 9.18 Å². The minimum Gasteiger partial charge on any atom is -0.322 e. The highest BCUT2D eigenvalue weighted by Gasteiger charge is 2.19. The number of hydrogen-bond acceptors (Lipinski definition) is 3. The molecule has 1 aromatic heterocycles. The number of fused-ring (bicyclic) bond motifs is 2. The zero-order valence-electron chi connectivity index (χ0n) is 15.5. The highest BCUT2D eigenvalue weighted by atomic mass is 35.5. The highest BCUT2D eigenvalue weighted by molar-refractivity contribution is 5.92. The van der Waals surface area contributed by atoms with Gasteiger partial charge in [-0.15, -0.1) is 12.4 Å². The molecule has 8 heteroatoms. The maximum atomic E-state index is 14.7. The second-order valence-corrected chi connectivity index (χ2v) is 6.64. The van der Waals surface area contributed by atoms with Gasteiger partial charge in [-0.05, 0) is 49.2 Å². The quantitative estimate of drug-likeness (QED) is 0.702. The average molecular weight is 405 g/mol. The number of nitrogens with one attached hydrogen (secondary N) is 2. The van der Waals surface area contributed by atoms with Crippen LogP contribution >= 0.6 is 12.4 Å². The van der Waals surface area contributed by atoms with Gasteiger partial charge in [-0.25, -0.2) is 9.18 Å². The molecule has 28 heavy (non-hydrogen) atoms. The van der Waals surface area contributed by atoms with E-state index in [0.29, 0.717) is 37.1 Å². The third-order valence-electron chi connectivity index (χ3n) is 5.02. The molecule has 3 aromatic rings. The number of carbonyl (C=O) groups excluding carboxylic acids is 1. The van der Waals surface area contributed by atoms with Crippen molar-refractivity contribution in [3.8, 4) is 0 Å². The van der Waals surface area contributed by atoms with Gasteiger partial charge in [0.15, 0.2) is 0 Å². The molecule has 0 saturated heterocycles. The molecule has 0 fully saturated rings. The Kier molecular flexibility index (Phi) is 5.86. The molecule has 2 aromatic carbocycles. The normalized spacial score (nSPS) is 13.1. The Hall–Kier alpha value is -2.64. The van der Waals surface area contributed by atoms with Crippen molar-refractivity contribution in [2.75, 3.05) is 11.9 Å². The number of rotatable bonds is 4. The van der Waals surface area contributed by atoms with Crippen LogP contribution in [-0.4, -0.2) is 21.6 Å². The number of halogens is 2. The topological polar surface area (TPSA) is 68.1 Å². The molecule has 4 rings (SSSR count). The van der Waals surface area contributed by atoms with E-state index in [1.54, 1.807) is 10.6 Å². The van der Waals surface area contributed by atoms with E-state index < -0.39 is 5.91 Å². The van der Waals surface area contributed by atoms with Crippen LogP contribution in [0.1, 0.15) is 18.1 Å². The average Bonchev–Trinajstić information content (AvgIpc) is 2.95. The molecule has 1 aliphatic rings. The van der Waals surface area contributed by atoms with Crippen LogP contribution in [0.4, 0.5) is 10.1 Å². The number of benzene rings is 2. The summed E-state index contributed by atoms with van der Waals surface area (Å²) < 4.78 is 17.8. The van der Waals surface area contributed by atoms with Gasteiger partial charge in [-0.1, -0.05) is 18.2 Å². The van der Waals surface area contributed by atoms with Gasteiger partial charge in [0.2, 0.25) is 5.91 Å². The van der Waals surface area contributed by atoms with Gasteiger partial charge in [-0.2, -0.15) is 0 Å². The van der Waals surface area contributed by atoms with Gasteiger partial charge in [0, 0.05) is 13.1 Å². The Bertz CT molecular complexity index is 1090. The minimum absolute atomic E-state index is 0. The largest absolute Gasteiger partial charge is 0.329 e. The maximum Gasteiger partial charge on any atom is 0.329 e. The van der Waals surface area contributed by atoms with Crippen LogP contribution in [0.25, 0.3) is 11.0 Å². The summed E-state index contributed by atoms with van der Waals surface area (Å²) in [7, 11) is 0. The first-order valence-corrected chi connectivity index (χ1v) is 9.09. The molecule has 2 heterocycles. The van der Waals surface area contributed by atoms with Crippen LogP contribution < -0.4 is 16.3 Å². The molecular formula is C20H22ClFN4O2. The van der Waals surface area contributed by atoms with Crippen molar-refractivity contribution in [3.63, 3.8) is 0 Å². The lowest BCUT2D eigenvalue weighted by Crippen LogP contribution is -2.30. The Labute approximate surface area is 167 Å². The number of amides is 1. The van der Waals surface area contributed by atoms with E-state index in [4.69, 9.17) is 0 Å². The second kappa shape index (κ2) is 8.16. The summed E-state index contributed by atoms with van der Waals surface area (Å²) in [6.45, 7) is 3.58. The molecule has 2 N–H and O–H groups in total. The van der Waals surface area contributed by atoms with E-state index in [9.17, 15) is 14.0 Å². The lowest BCUT2D eigenvalue weighted by molar-refractivity contribution is -0.116. The fourth-order valence-electron chi connectivity index (χ4n) is 3.69. The second-order valence-electron chi connectivity index (χ2n) is 6.64. The zero-order chi connectivity index (χ0) is 19.0. The van der Waals surface area contributed by atoms with E-state index in [1.165, 1.54) is 4.57 Å². The van der Waals surface area contributed by atoms with Crippen molar-refractivity contribution in [1.82, 2.24) is 14.5 Å². The smallest absolute Gasteiger partial charge is 0.322 e. The van der Waals surface area contributed by atoms with Crippen molar-refractivity contribution in [1.29, 1.82) is 0 Å². The fraction of sp³-hybridized carbons (Fsp3) is 0.300. The van der Waals surface area contributed by atoms with E-state index in [1.807, 2.05) is 37.3 Å². The third-order valence-corrected chi connectivity index (χ3v) is 5.02. The molecular weight excluding hydrogens is 383 g/mol. The number of carbonyl (C=O) groups is 1. The molecule has 148 valence electrons. The van der Waals surface area contributed by atoms with E-state index in [0.717, 1.165) is 11.1 Å². The van der Waals surface area contributed by atoms with E-state index in [-0.39, 0.29) is 36.1 Å². The van der Waals surface area contributed by atoms with Crippen LogP contribution in [0.2, 0.25) is 0 Å². The molecule has 6 nitrogen and oxygen atoms in total. The number of para-hydroxylation sites is 2. The molecule has 1 amide bonds. The Morgan fingerprint density at radius 2 is 1.89 bits per heavy atom. The summed E-state index contributed by atoms with van der Waals surface area (Å²) in [6, 6.07) is 10.8. The fourth-order valence-corrected chi connectivity index (χ4v) is 3.69. The van der Waals surface area contributed by atoms with Gasteiger partial charge < -0.3 is 10.6 Å². The summed E-state index contributed by atoms with van der Waals surface area (Å²) in [5, 5.41) is 5.82.